The van der Waals surface area contributed by atoms with Gasteiger partial charge in [-0.1, -0.05) is 12.1 Å². The van der Waals surface area contributed by atoms with Crippen LogP contribution in [0.4, 0.5) is 4.39 Å². The van der Waals surface area contributed by atoms with Crippen LogP contribution < -0.4 is 10.5 Å². The highest BCUT2D eigenvalue weighted by atomic mass is 32.2. The van der Waals surface area contributed by atoms with E-state index in [1.54, 1.807) is 6.07 Å². The molecule has 5 nitrogen and oxygen atoms in total. The smallest absolute Gasteiger partial charge is 0.242 e. The highest BCUT2D eigenvalue weighted by molar-refractivity contribution is 7.89. The van der Waals surface area contributed by atoms with Crippen molar-refractivity contribution in [3.8, 4) is 0 Å². The zero-order valence-corrected chi connectivity index (χ0v) is 11.4. The number of sulfonamides is 1. The fourth-order valence-electron chi connectivity index (χ4n) is 1.72. The molecule has 2 rings (SSSR count). The molecule has 0 amide bonds. The summed E-state index contributed by atoms with van der Waals surface area (Å²) in [4.78, 5) is 3.97. The van der Waals surface area contributed by atoms with Gasteiger partial charge in [-0.25, -0.2) is 17.5 Å². The summed E-state index contributed by atoms with van der Waals surface area (Å²) in [7, 11) is -3.73. The zero-order chi connectivity index (χ0) is 14.6. The summed E-state index contributed by atoms with van der Waals surface area (Å²) in [6.45, 7) is 0.0239. The van der Waals surface area contributed by atoms with Gasteiger partial charge < -0.3 is 5.73 Å². The Morgan fingerprint density at radius 2 is 2.05 bits per heavy atom. The molecule has 1 aromatic carbocycles. The SMILES string of the molecule is NCc1ncccc1S(=O)(=O)NCc1cccc(F)c1. The lowest BCUT2D eigenvalue weighted by atomic mass is 10.2. The molecule has 20 heavy (non-hydrogen) atoms. The average Bonchev–Trinajstić information content (AvgIpc) is 2.45. The third-order valence-electron chi connectivity index (χ3n) is 2.69. The number of nitrogens with zero attached hydrogens (tertiary/aromatic N) is 1. The lowest BCUT2D eigenvalue weighted by Crippen LogP contribution is -2.25. The zero-order valence-electron chi connectivity index (χ0n) is 10.6. The molecule has 0 radical (unpaired) electrons. The molecule has 3 N–H and O–H groups in total. The van der Waals surface area contributed by atoms with Gasteiger partial charge in [0.2, 0.25) is 10.0 Å². The van der Waals surface area contributed by atoms with Crippen LogP contribution in [0.1, 0.15) is 11.3 Å². The minimum Gasteiger partial charge on any atom is -0.325 e. The Morgan fingerprint density at radius 3 is 2.75 bits per heavy atom. The van der Waals surface area contributed by atoms with E-state index < -0.39 is 15.8 Å². The molecular formula is C13H14FN3O2S. The maximum absolute atomic E-state index is 13.0. The first-order valence-corrected chi connectivity index (χ1v) is 7.39. The molecule has 0 aliphatic carbocycles. The van der Waals surface area contributed by atoms with E-state index in [-0.39, 0.29) is 18.0 Å². The number of pyridine rings is 1. The maximum Gasteiger partial charge on any atom is 0.242 e. The number of nitrogens with one attached hydrogen (secondary N) is 1. The van der Waals surface area contributed by atoms with Crippen LogP contribution in [0, 0.1) is 5.82 Å². The molecule has 0 aliphatic heterocycles. The molecule has 0 saturated heterocycles. The van der Waals surface area contributed by atoms with Crippen molar-refractivity contribution in [1.29, 1.82) is 0 Å². The molecule has 0 atom stereocenters. The molecule has 0 aliphatic rings. The topological polar surface area (TPSA) is 85.1 Å². The van der Waals surface area contributed by atoms with E-state index in [1.165, 1.54) is 36.5 Å². The van der Waals surface area contributed by atoms with Crippen molar-refractivity contribution in [1.82, 2.24) is 9.71 Å². The van der Waals surface area contributed by atoms with Crippen molar-refractivity contribution in [2.75, 3.05) is 0 Å². The van der Waals surface area contributed by atoms with Crippen molar-refractivity contribution in [2.45, 2.75) is 18.0 Å². The summed E-state index contributed by atoms with van der Waals surface area (Å²) in [5, 5.41) is 0. The third kappa shape index (κ3) is 3.38. The van der Waals surface area contributed by atoms with Gasteiger partial charge in [-0.2, -0.15) is 0 Å². The minimum atomic E-state index is -3.73. The molecule has 0 saturated carbocycles. The summed E-state index contributed by atoms with van der Waals surface area (Å²) >= 11 is 0. The van der Waals surface area contributed by atoms with Gasteiger partial charge in [-0.15, -0.1) is 0 Å². The third-order valence-corrected chi connectivity index (χ3v) is 4.16. The van der Waals surface area contributed by atoms with Crippen molar-refractivity contribution in [3.05, 3.63) is 59.7 Å². The second kappa shape index (κ2) is 6.08. The molecule has 2 aromatic rings. The van der Waals surface area contributed by atoms with E-state index in [2.05, 4.69) is 9.71 Å². The van der Waals surface area contributed by atoms with Gasteiger partial charge in [0.05, 0.1) is 5.69 Å². The van der Waals surface area contributed by atoms with Crippen molar-refractivity contribution in [2.24, 2.45) is 5.73 Å². The van der Waals surface area contributed by atoms with E-state index in [9.17, 15) is 12.8 Å². The standard InChI is InChI=1S/C13H14FN3O2S/c14-11-4-1-3-10(7-11)9-17-20(18,19)13-5-2-6-16-12(13)8-15/h1-7,17H,8-9,15H2. The average molecular weight is 295 g/mol. The van der Waals surface area contributed by atoms with Gasteiger partial charge >= 0.3 is 0 Å². The van der Waals surface area contributed by atoms with Crippen LogP contribution in [0.15, 0.2) is 47.5 Å². The summed E-state index contributed by atoms with van der Waals surface area (Å²) in [5.74, 6) is -0.411. The lowest BCUT2D eigenvalue weighted by Gasteiger charge is -2.09. The summed E-state index contributed by atoms with van der Waals surface area (Å²) < 4.78 is 39.8. The Labute approximate surface area is 116 Å². The van der Waals surface area contributed by atoms with Crippen LogP contribution in [-0.2, 0) is 23.1 Å². The molecular weight excluding hydrogens is 281 g/mol. The van der Waals surface area contributed by atoms with Gasteiger partial charge in [0.15, 0.2) is 0 Å². The first kappa shape index (κ1) is 14.6. The summed E-state index contributed by atoms with van der Waals surface area (Å²) in [5.41, 5.74) is 6.30. The molecule has 0 fully saturated rings. The van der Waals surface area contributed by atoms with Crippen LogP contribution in [0.2, 0.25) is 0 Å². The Morgan fingerprint density at radius 1 is 1.25 bits per heavy atom. The summed E-state index contributed by atoms with van der Waals surface area (Å²) in [6.07, 6.45) is 1.48. The first-order chi connectivity index (χ1) is 9.53. The number of halogens is 1. The number of nitrogens with two attached hydrogens (primary N) is 1. The van der Waals surface area contributed by atoms with E-state index in [0.717, 1.165) is 0 Å². The Balaban J connectivity index is 2.19. The molecule has 106 valence electrons. The van der Waals surface area contributed by atoms with Crippen molar-refractivity contribution < 1.29 is 12.8 Å². The Kier molecular flexibility index (Phi) is 4.43. The Hall–Kier alpha value is -1.83. The van der Waals surface area contributed by atoms with E-state index in [0.29, 0.717) is 11.3 Å². The van der Waals surface area contributed by atoms with Gasteiger partial charge in [0, 0.05) is 19.3 Å². The second-order valence-corrected chi connectivity index (χ2v) is 5.84. The van der Waals surface area contributed by atoms with Crippen LogP contribution in [0.3, 0.4) is 0 Å². The van der Waals surface area contributed by atoms with Gasteiger partial charge in [0.1, 0.15) is 10.7 Å². The number of aromatic nitrogens is 1. The minimum absolute atomic E-state index is 0.000993. The highest BCUT2D eigenvalue weighted by Crippen LogP contribution is 2.13. The van der Waals surface area contributed by atoms with E-state index >= 15 is 0 Å². The van der Waals surface area contributed by atoms with E-state index in [1.807, 2.05) is 0 Å². The largest absolute Gasteiger partial charge is 0.325 e. The van der Waals surface area contributed by atoms with Crippen LogP contribution in [-0.4, -0.2) is 13.4 Å². The van der Waals surface area contributed by atoms with Crippen molar-refractivity contribution >= 4 is 10.0 Å². The van der Waals surface area contributed by atoms with Crippen LogP contribution in [0.25, 0.3) is 0 Å². The molecule has 0 spiro atoms. The first-order valence-electron chi connectivity index (χ1n) is 5.91. The fourth-order valence-corrected chi connectivity index (χ4v) is 2.94. The van der Waals surface area contributed by atoms with Gasteiger partial charge in [-0.3, -0.25) is 4.98 Å². The van der Waals surface area contributed by atoms with Crippen molar-refractivity contribution in [3.63, 3.8) is 0 Å². The molecule has 7 heteroatoms. The Bertz CT molecular complexity index is 704. The predicted octanol–water partition coefficient (Wildman–Crippen LogP) is 1.16. The normalized spacial score (nSPS) is 11.5. The monoisotopic (exact) mass is 295 g/mol. The predicted molar refractivity (Wildman–Crippen MR) is 72.6 cm³/mol. The summed E-state index contributed by atoms with van der Waals surface area (Å²) in [6, 6.07) is 8.69. The molecule has 1 aromatic heterocycles. The van der Waals surface area contributed by atoms with Crippen LogP contribution >= 0.6 is 0 Å². The maximum atomic E-state index is 13.0. The van der Waals surface area contributed by atoms with E-state index in [4.69, 9.17) is 5.73 Å². The molecule has 1 heterocycles. The fraction of sp³-hybridized carbons (Fsp3) is 0.154. The lowest BCUT2D eigenvalue weighted by molar-refractivity contribution is 0.578. The highest BCUT2D eigenvalue weighted by Gasteiger charge is 2.18. The number of hydrogen-bond acceptors (Lipinski definition) is 4. The number of hydrogen-bond donors (Lipinski definition) is 2. The van der Waals surface area contributed by atoms with Gasteiger partial charge in [0.25, 0.3) is 0 Å². The van der Waals surface area contributed by atoms with Gasteiger partial charge in [-0.05, 0) is 29.8 Å². The molecule has 0 unspecified atom stereocenters. The molecule has 0 bridgehead atoms. The number of benzene rings is 1. The quantitative estimate of drug-likeness (QED) is 0.866. The number of rotatable bonds is 5. The van der Waals surface area contributed by atoms with Crippen LogP contribution in [0.5, 0.6) is 0 Å². The second-order valence-electron chi connectivity index (χ2n) is 4.11.